The van der Waals surface area contributed by atoms with Gasteiger partial charge in [-0.25, -0.2) is 0 Å². The van der Waals surface area contributed by atoms with Gasteiger partial charge in [0.25, 0.3) is 0 Å². The van der Waals surface area contributed by atoms with E-state index in [1.54, 1.807) is 0 Å². The van der Waals surface area contributed by atoms with Gasteiger partial charge in [-0.15, -0.1) is 0 Å². The first-order chi connectivity index (χ1) is 7.80. The smallest absolute Gasteiger partial charge is 0.119 e. The van der Waals surface area contributed by atoms with E-state index in [9.17, 15) is 0 Å². The molecule has 0 radical (unpaired) electrons. The molecule has 0 bridgehead atoms. The standard InChI is InChI=1S/C14H21NO/c1-3-12(11-15)5-6-13-7-9-14(10-8-13)16-4-2/h3,7-10H,4-6,11,15H2,1-2H3/b12-3-. The van der Waals surface area contributed by atoms with Gasteiger partial charge in [-0.05, 0) is 44.4 Å². The number of aryl methyl sites for hydroxylation is 1. The second kappa shape index (κ2) is 7.07. The summed E-state index contributed by atoms with van der Waals surface area (Å²) in [6, 6.07) is 8.29. The molecule has 0 aliphatic heterocycles. The van der Waals surface area contributed by atoms with E-state index >= 15 is 0 Å². The number of nitrogens with two attached hydrogens (primary N) is 1. The van der Waals surface area contributed by atoms with Gasteiger partial charge in [0.05, 0.1) is 6.61 Å². The Kier molecular flexibility index (Phi) is 5.65. The summed E-state index contributed by atoms with van der Waals surface area (Å²) in [5, 5.41) is 0. The quantitative estimate of drug-likeness (QED) is 0.747. The van der Waals surface area contributed by atoms with Crippen LogP contribution >= 0.6 is 0 Å². The van der Waals surface area contributed by atoms with Gasteiger partial charge in [0.1, 0.15) is 5.75 Å². The van der Waals surface area contributed by atoms with Crippen molar-refractivity contribution < 1.29 is 4.74 Å². The maximum atomic E-state index is 5.62. The molecule has 0 atom stereocenters. The maximum Gasteiger partial charge on any atom is 0.119 e. The van der Waals surface area contributed by atoms with Crippen LogP contribution in [0.4, 0.5) is 0 Å². The summed E-state index contributed by atoms with van der Waals surface area (Å²) in [4.78, 5) is 0. The molecule has 0 aliphatic carbocycles. The summed E-state index contributed by atoms with van der Waals surface area (Å²) in [5.41, 5.74) is 8.27. The molecule has 88 valence electrons. The van der Waals surface area contributed by atoms with Crippen LogP contribution in [0.15, 0.2) is 35.9 Å². The lowest BCUT2D eigenvalue weighted by Crippen LogP contribution is -2.03. The van der Waals surface area contributed by atoms with Gasteiger partial charge in [0.15, 0.2) is 0 Å². The van der Waals surface area contributed by atoms with Crippen molar-refractivity contribution in [3.63, 3.8) is 0 Å². The number of hydrogen-bond acceptors (Lipinski definition) is 2. The van der Waals surface area contributed by atoms with E-state index in [4.69, 9.17) is 10.5 Å². The van der Waals surface area contributed by atoms with Crippen molar-refractivity contribution in [2.75, 3.05) is 13.2 Å². The van der Waals surface area contributed by atoms with Crippen LogP contribution in [0.1, 0.15) is 25.8 Å². The molecule has 16 heavy (non-hydrogen) atoms. The van der Waals surface area contributed by atoms with E-state index in [-0.39, 0.29) is 0 Å². The minimum atomic E-state index is 0.660. The zero-order valence-electron chi connectivity index (χ0n) is 10.2. The molecular weight excluding hydrogens is 198 g/mol. The van der Waals surface area contributed by atoms with Crippen LogP contribution in [-0.4, -0.2) is 13.2 Å². The molecule has 0 saturated carbocycles. The van der Waals surface area contributed by atoms with Crippen LogP contribution in [0.3, 0.4) is 0 Å². The van der Waals surface area contributed by atoms with Gasteiger partial charge in [0.2, 0.25) is 0 Å². The third kappa shape index (κ3) is 4.07. The lowest BCUT2D eigenvalue weighted by Gasteiger charge is -2.06. The molecule has 0 unspecified atom stereocenters. The minimum Gasteiger partial charge on any atom is -0.494 e. The van der Waals surface area contributed by atoms with Crippen molar-refractivity contribution >= 4 is 0 Å². The molecule has 0 saturated heterocycles. The molecule has 2 nitrogen and oxygen atoms in total. The fourth-order valence-corrected chi connectivity index (χ4v) is 1.59. The zero-order chi connectivity index (χ0) is 11.8. The molecule has 1 rings (SSSR count). The lowest BCUT2D eigenvalue weighted by atomic mass is 10.0. The highest BCUT2D eigenvalue weighted by Crippen LogP contribution is 2.14. The fourth-order valence-electron chi connectivity index (χ4n) is 1.59. The molecule has 2 N–H and O–H groups in total. The number of allylic oxidation sites excluding steroid dienone is 1. The number of benzene rings is 1. The predicted octanol–water partition coefficient (Wildman–Crippen LogP) is 2.92. The van der Waals surface area contributed by atoms with E-state index in [0.717, 1.165) is 25.2 Å². The molecule has 2 heteroatoms. The van der Waals surface area contributed by atoms with Gasteiger partial charge in [-0.2, -0.15) is 0 Å². The summed E-state index contributed by atoms with van der Waals surface area (Å²) in [6.45, 7) is 5.41. The van der Waals surface area contributed by atoms with E-state index in [1.165, 1.54) is 11.1 Å². The highest BCUT2D eigenvalue weighted by molar-refractivity contribution is 5.27. The topological polar surface area (TPSA) is 35.2 Å². The van der Waals surface area contributed by atoms with E-state index < -0.39 is 0 Å². The summed E-state index contributed by atoms with van der Waals surface area (Å²) in [5.74, 6) is 0.941. The summed E-state index contributed by atoms with van der Waals surface area (Å²) in [6.07, 6.45) is 4.19. The molecule has 1 aromatic carbocycles. The van der Waals surface area contributed by atoms with E-state index in [0.29, 0.717) is 6.54 Å². The van der Waals surface area contributed by atoms with Gasteiger partial charge in [-0.3, -0.25) is 0 Å². The fraction of sp³-hybridized carbons (Fsp3) is 0.429. The van der Waals surface area contributed by atoms with Crippen LogP contribution in [0.2, 0.25) is 0 Å². The average molecular weight is 219 g/mol. The minimum absolute atomic E-state index is 0.660. The molecule has 0 aliphatic rings. The van der Waals surface area contributed by atoms with Gasteiger partial charge in [-0.1, -0.05) is 23.8 Å². The van der Waals surface area contributed by atoms with Crippen molar-refractivity contribution in [3.05, 3.63) is 41.5 Å². The molecule has 0 amide bonds. The Morgan fingerprint density at radius 1 is 1.31 bits per heavy atom. The van der Waals surface area contributed by atoms with Gasteiger partial charge >= 0.3 is 0 Å². The predicted molar refractivity (Wildman–Crippen MR) is 68.7 cm³/mol. The second-order valence-electron chi connectivity index (χ2n) is 3.73. The Balaban J connectivity index is 2.49. The number of hydrogen-bond donors (Lipinski definition) is 1. The first-order valence-corrected chi connectivity index (χ1v) is 5.86. The highest BCUT2D eigenvalue weighted by Gasteiger charge is 1.97. The zero-order valence-corrected chi connectivity index (χ0v) is 10.2. The normalized spacial score (nSPS) is 11.6. The number of ether oxygens (including phenoxy) is 1. The van der Waals surface area contributed by atoms with Crippen LogP contribution < -0.4 is 10.5 Å². The molecule has 0 aromatic heterocycles. The van der Waals surface area contributed by atoms with Crippen LogP contribution in [0, 0.1) is 0 Å². The van der Waals surface area contributed by atoms with Crippen LogP contribution in [0.25, 0.3) is 0 Å². The van der Waals surface area contributed by atoms with Crippen molar-refractivity contribution in [2.45, 2.75) is 26.7 Å². The third-order valence-electron chi connectivity index (χ3n) is 2.64. The van der Waals surface area contributed by atoms with E-state index in [1.807, 2.05) is 26.0 Å². The molecular formula is C14H21NO. The molecule has 0 spiro atoms. The number of rotatable bonds is 6. The van der Waals surface area contributed by atoms with Gasteiger partial charge < -0.3 is 10.5 Å². The van der Waals surface area contributed by atoms with Crippen molar-refractivity contribution in [2.24, 2.45) is 5.73 Å². The Hall–Kier alpha value is -1.28. The SMILES string of the molecule is C/C=C(\CN)CCc1ccc(OCC)cc1. The average Bonchev–Trinajstić information content (AvgIpc) is 2.33. The Labute approximate surface area is 98.1 Å². The summed E-state index contributed by atoms with van der Waals surface area (Å²) < 4.78 is 5.40. The second-order valence-corrected chi connectivity index (χ2v) is 3.73. The Morgan fingerprint density at radius 2 is 2.00 bits per heavy atom. The summed E-state index contributed by atoms with van der Waals surface area (Å²) >= 11 is 0. The Bertz CT molecular complexity index is 327. The first-order valence-electron chi connectivity index (χ1n) is 5.86. The summed E-state index contributed by atoms with van der Waals surface area (Å²) in [7, 11) is 0. The van der Waals surface area contributed by atoms with Crippen molar-refractivity contribution in [1.82, 2.24) is 0 Å². The first kappa shape index (κ1) is 12.8. The largest absolute Gasteiger partial charge is 0.494 e. The molecule has 0 fully saturated rings. The maximum absolute atomic E-state index is 5.62. The van der Waals surface area contributed by atoms with E-state index in [2.05, 4.69) is 18.2 Å². The molecule has 1 aromatic rings. The van der Waals surface area contributed by atoms with Crippen LogP contribution in [-0.2, 0) is 6.42 Å². The lowest BCUT2D eigenvalue weighted by molar-refractivity contribution is 0.340. The third-order valence-corrected chi connectivity index (χ3v) is 2.64. The van der Waals surface area contributed by atoms with Crippen molar-refractivity contribution in [1.29, 1.82) is 0 Å². The Morgan fingerprint density at radius 3 is 2.50 bits per heavy atom. The van der Waals surface area contributed by atoms with Crippen molar-refractivity contribution in [3.8, 4) is 5.75 Å². The monoisotopic (exact) mass is 219 g/mol. The highest BCUT2D eigenvalue weighted by atomic mass is 16.5. The molecule has 0 heterocycles. The van der Waals surface area contributed by atoms with Gasteiger partial charge in [0, 0.05) is 6.54 Å². The van der Waals surface area contributed by atoms with Crippen LogP contribution in [0.5, 0.6) is 5.75 Å².